The van der Waals surface area contributed by atoms with Gasteiger partial charge in [0.15, 0.2) is 11.5 Å². The molecule has 144 valence electrons. The summed E-state index contributed by atoms with van der Waals surface area (Å²) in [6, 6.07) is 7.28. The van der Waals surface area contributed by atoms with Gasteiger partial charge in [-0.05, 0) is 61.9 Å². The molecule has 1 aliphatic carbocycles. The molecule has 27 heavy (non-hydrogen) atoms. The molecule has 0 radical (unpaired) electrons. The van der Waals surface area contributed by atoms with Crippen LogP contribution in [0.1, 0.15) is 50.0 Å². The number of likely N-dealkylation sites (tertiary alicyclic amines) is 1. The van der Waals surface area contributed by atoms with Gasteiger partial charge in [-0.1, -0.05) is 18.9 Å². The molecule has 0 spiro atoms. The van der Waals surface area contributed by atoms with Crippen LogP contribution in [0, 0.1) is 11.8 Å². The van der Waals surface area contributed by atoms with Gasteiger partial charge in [0, 0.05) is 24.9 Å². The fourth-order valence-corrected chi connectivity index (χ4v) is 6.02. The zero-order valence-corrected chi connectivity index (χ0v) is 15.8. The van der Waals surface area contributed by atoms with E-state index in [1.165, 1.54) is 44.3 Å². The quantitative estimate of drug-likeness (QED) is 0.819. The number of rotatable bonds is 4. The third-order valence-corrected chi connectivity index (χ3v) is 7.60. The van der Waals surface area contributed by atoms with Crippen molar-refractivity contribution in [3.8, 4) is 11.5 Å². The van der Waals surface area contributed by atoms with Crippen LogP contribution in [0.2, 0.25) is 0 Å². The number of piperidine rings is 3. The van der Waals surface area contributed by atoms with Crippen LogP contribution >= 0.6 is 0 Å². The summed E-state index contributed by atoms with van der Waals surface area (Å²) >= 11 is 0. The Balaban J connectivity index is 1.30. The van der Waals surface area contributed by atoms with Crippen LogP contribution in [-0.2, 0) is 4.79 Å². The number of amides is 1. The lowest BCUT2D eigenvalue weighted by atomic mass is 9.75. The summed E-state index contributed by atoms with van der Waals surface area (Å²) in [5, 5.41) is 0. The van der Waals surface area contributed by atoms with Crippen LogP contribution in [0.3, 0.4) is 0 Å². The SMILES string of the molecule is O=C(CCC1CC1)N1C[C@H](c2ccc3c(c2)OCO3)[C@H]2[C@@H]1C1CCN2CC1. The van der Waals surface area contributed by atoms with Crippen molar-refractivity contribution in [2.24, 2.45) is 11.8 Å². The van der Waals surface area contributed by atoms with Crippen molar-refractivity contribution in [1.29, 1.82) is 0 Å². The molecule has 0 aromatic heterocycles. The van der Waals surface area contributed by atoms with E-state index < -0.39 is 0 Å². The van der Waals surface area contributed by atoms with Gasteiger partial charge in [0.1, 0.15) is 0 Å². The van der Waals surface area contributed by atoms with Crippen molar-refractivity contribution < 1.29 is 14.3 Å². The maximum Gasteiger partial charge on any atom is 0.231 e. The van der Waals surface area contributed by atoms with E-state index in [1.54, 1.807) is 0 Å². The van der Waals surface area contributed by atoms with E-state index in [1.807, 2.05) is 6.07 Å². The molecule has 6 aliphatic rings. The molecule has 0 N–H and O–H groups in total. The first-order valence-corrected chi connectivity index (χ1v) is 10.7. The predicted octanol–water partition coefficient (Wildman–Crippen LogP) is 2.99. The Kier molecular flexibility index (Phi) is 3.68. The highest BCUT2D eigenvalue weighted by Crippen LogP contribution is 2.48. The average Bonchev–Trinajstić information content (AvgIpc) is 3.25. The summed E-state index contributed by atoms with van der Waals surface area (Å²) in [6.07, 6.45) is 7.00. The van der Waals surface area contributed by atoms with Gasteiger partial charge in [0.25, 0.3) is 0 Å². The van der Waals surface area contributed by atoms with Gasteiger partial charge in [0.05, 0.1) is 6.04 Å². The maximum absolute atomic E-state index is 13.1. The average molecular weight is 368 g/mol. The maximum atomic E-state index is 13.1. The molecule has 5 aliphatic heterocycles. The van der Waals surface area contributed by atoms with Gasteiger partial charge >= 0.3 is 0 Å². The molecule has 5 fully saturated rings. The first-order valence-electron chi connectivity index (χ1n) is 10.7. The van der Waals surface area contributed by atoms with Crippen molar-refractivity contribution in [2.75, 3.05) is 26.4 Å². The minimum atomic E-state index is 0.315. The van der Waals surface area contributed by atoms with Gasteiger partial charge in [0.2, 0.25) is 12.7 Å². The highest BCUT2D eigenvalue weighted by molar-refractivity contribution is 5.77. The number of hydrogen-bond donors (Lipinski definition) is 0. The summed E-state index contributed by atoms with van der Waals surface area (Å²) in [6.45, 7) is 3.56. The number of nitrogens with zero attached hydrogens (tertiary/aromatic N) is 2. The summed E-state index contributed by atoms with van der Waals surface area (Å²) in [5.41, 5.74) is 1.30. The number of hydrogen-bond acceptors (Lipinski definition) is 4. The second-order valence-electron chi connectivity index (χ2n) is 9.10. The predicted molar refractivity (Wildman–Crippen MR) is 101 cm³/mol. The molecule has 5 heteroatoms. The Hall–Kier alpha value is -1.75. The second kappa shape index (κ2) is 6.13. The fourth-order valence-electron chi connectivity index (χ4n) is 6.02. The monoisotopic (exact) mass is 368 g/mol. The number of ether oxygens (including phenoxy) is 2. The van der Waals surface area contributed by atoms with E-state index in [2.05, 4.69) is 21.9 Å². The standard InChI is InChI=1S/C22H28N2O3/c25-20(6-3-14-1-2-14)24-12-17(16-4-5-18-19(11-16)27-13-26-18)22-21(24)15-7-9-23(22)10-8-15/h4-5,11,14-15,17,21-22H,1-3,6-10,12-13H2/t17-,21+,22+/m1/s1. The van der Waals surface area contributed by atoms with Crippen molar-refractivity contribution in [2.45, 2.75) is 56.5 Å². The Bertz CT molecular complexity index is 754. The van der Waals surface area contributed by atoms with Crippen LogP contribution in [0.4, 0.5) is 0 Å². The van der Waals surface area contributed by atoms with Gasteiger partial charge in [-0.3, -0.25) is 9.69 Å². The molecule has 5 nitrogen and oxygen atoms in total. The molecular formula is C22H28N2O3. The van der Waals surface area contributed by atoms with Crippen LogP contribution in [0.25, 0.3) is 0 Å². The smallest absolute Gasteiger partial charge is 0.231 e. The van der Waals surface area contributed by atoms with Gasteiger partial charge < -0.3 is 14.4 Å². The molecule has 7 rings (SSSR count). The van der Waals surface area contributed by atoms with Crippen LogP contribution in [-0.4, -0.2) is 54.2 Å². The largest absolute Gasteiger partial charge is 0.454 e. The van der Waals surface area contributed by atoms with Gasteiger partial charge in [-0.25, -0.2) is 0 Å². The van der Waals surface area contributed by atoms with E-state index in [0.717, 1.165) is 36.8 Å². The van der Waals surface area contributed by atoms with Crippen molar-refractivity contribution in [1.82, 2.24) is 9.80 Å². The molecular weight excluding hydrogens is 340 g/mol. The Labute approximate surface area is 160 Å². The summed E-state index contributed by atoms with van der Waals surface area (Å²) in [4.78, 5) is 18.1. The van der Waals surface area contributed by atoms with Gasteiger partial charge in [-0.2, -0.15) is 0 Å². The Morgan fingerprint density at radius 2 is 1.85 bits per heavy atom. The molecule has 4 saturated heterocycles. The highest BCUT2D eigenvalue weighted by atomic mass is 16.7. The minimum Gasteiger partial charge on any atom is -0.454 e. The summed E-state index contributed by atoms with van der Waals surface area (Å²) in [7, 11) is 0. The van der Waals surface area contributed by atoms with Crippen LogP contribution < -0.4 is 9.47 Å². The van der Waals surface area contributed by atoms with E-state index in [4.69, 9.17) is 9.47 Å². The fraction of sp³-hybridized carbons (Fsp3) is 0.682. The molecule has 1 amide bonds. The van der Waals surface area contributed by atoms with E-state index in [-0.39, 0.29) is 0 Å². The van der Waals surface area contributed by atoms with Crippen molar-refractivity contribution >= 4 is 5.91 Å². The number of benzene rings is 1. The van der Waals surface area contributed by atoms with Crippen LogP contribution in [0.5, 0.6) is 11.5 Å². The molecule has 0 unspecified atom stereocenters. The number of fused-ring (bicyclic) bond motifs is 3. The number of carbonyl (C=O) groups excluding carboxylic acids is 1. The van der Waals surface area contributed by atoms with E-state index in [9.17, 15) is 4.79 Å². The normalized spacial score (nSPS) is 36.1. The van der Waals surface area contributed by atoms with Gasteiger partial charge in [-0.15, -0.1) is 0 Å². The third-order valence-electron chi connectivity index (χ3n) is 7.60. The van der Waals surface area contributed by atoms with Crippen LogP contribution in [0.15, 0.2) is 18.2 Å². The van der Waals surface area contributed by atoms with E-state index in [0.29, 0.717) is 36.6 Å². The Morgan fingerprint density at radius 1 is 1.04 bits per heavy atom. The topological polar surface area (TPSA) is 42.0 Å². The summed E-state index contributed by atoms with van der Waals surface area (Å²) < 4.78 is 11.1. The minimum absolute atomic E-state index is 0.315. The van der Waals surface area contributed by atoms with E-state index >= 15 is 0 Å². The number of carbonyl (C=O) groups is 1. The van der Waals surface area contributed by atoms with Crippen molar-refractivity contribution in [3.05, 3.63) is 23.8 Å². The first kappa shape index (κ1) is 16.2. The molecule has 1 saturated carbocycles. The van der Waals surface area contributed by atoms with Crippen molar-refractivity contribution in [3.63, 3.8) is 0 Å². The second-order valence-corrected chi connectivity index (χ2v) is 9.10. The summed E-state index contributed by atoms with van der Waals surface area (Å²) in [5.74, 6) is 3.99. The lowest BCUT2D eigenvalue weighted by molar-refractivity contribution is -0.136. The Morgan fingerprint density at radius 3 is 2.67 bits per heavy atom. The molecule has 2 bridgehead atoms. The molecule has 1 aromatic carbocycles. The lowest BCUT2D eigenvalue weighted by Gasteiger charge is -2.51. The third kappa shape index (κ3) is 2.65. The zero-order valence-electron chi connectivity index (χ0n) is 15.8. The molecule has 5 heterocycles. The first-order chi connectivity index (χ1) is 13.3. The molecule has 1 aromatic rings. The highest BCUT2D eigenvalue weighted by Gasteiger charge is 2.54. The lowest BCUT2D eigenvalue weighted by Crippen LogP contribution is -2.60. The molecule has 3 atom stereocenters. The zero-order chi connectivity index (χ0) is 18.0.